The molecule has 0 saturated heterocycles. The van der Waals surface area contributed by atoms with Crippen LogP contribution in [0, 0.1) is 10.1 Å². The summed E-state index contributed by atoms with van der Waals surface area (Å²) >= 11 is 0. The molecule has 0 saturated carbocycles. The van der Waals surface area contributed by atoms with E-state index >= 15 is 0 Å². The molecule has 0 bridgehead atoms. The van der Waals surface area contributed by atoms with Gasteiger partial charge in [0.25, 0.3) is 5.69 Å². The van der Waals surface area contributed by atoms with Crippen LogP contribution in [0.25, 0.3) is 0 Å². The normalized spacial score (nSPS) is 10.2. The van der Waals surface area contributed by atoms with Crippen LogP contribution in [-0.4, -0.2) is 30.7 Å². The molecule has 8 nitrogen and oxygen atoms in total. The molecule has 0 aliphatic heterocycles. The Kier molecular flexibility index (Phi) is 6.99. The van der Waals surface area contributed by atoms with Gasteiger partial charge in [-0.3, -0.25) is 10.1 Å². The zero-order chi connectivity index (χ0) is 19.8. The quantitative estimate of drug-likeness (QED) is 0.283. The third-order valence-electron chi connectivity index (χ3n) is 3.40. The Labute approximate surface area is 156 Å². The molecule has 144 valence electrons. The first-order chi connectivity index (χ1) is 13.0. The van der Waals surface area contributed by atoms with Crippen molar-refractivity contribution in [3.05, 3.63) is 52.1 Å². The lowest BCUT2D eigenvalue weighted by atomic mass is 10.1. The fourth-order valence-corrected chi connectivity index (χ4v) is 2.31. The standard InChI is InChI=1S/C19H21NO7/c1-4-24-16-11-13(12-17(25-5-2)18(16)26-6-3)19(21)27-15-9-7-14(8-10-15)20(22)23/h7-12H,4-6H2,1-3H3. The highest BCUT2D eigenvalue weighted by molar-refractivity contribution is 5.92. The Balaban J connectivity index is 2.32. The number of nitro benzene ring substituents is 1. The van der Waals surface area contributed by atoms with Crippen LogP contribution >= 0.6 is 0 Å². The first-order valence-electron chi connectivity index (χ1n) is 8.53. The van der Waals surface area contributed by atoms with Crippen molar-refractivity contribution in [2.24, 2.45) is 0 Å². The van der Waals surface area contributed by atoms with Crippen molar-refractivity contribution in [1.82, 2.24) is 0 Å². The summed E-state index contributed by atoms with van der Waals surface area (Å²) in [6.45, 7) is 6.64. The van der Waals surface area contributed by atoms with Crippen molar-refractivity contribution in [2.45, 2.75) is 20.8 Å². The molecular formula is C19H21NO7. The zero-order valence-corrected chi connectivity index (χ0v) is 15.4. The molecule has 0 aliphatic carbocycles. The molecule has 0 heterocycles. The van der Waals surface area contributed by atoms with Gasteiger partial charge in [-0.15, -0.1) is 0 Å². The van der Waals surface area contributed by atoms with Crippen molar-refractivity contribution < 1.29 is 28.7 Å². The van der Waals surface area contributed by atoms with Gasteiger partial charge in [-0.1, -0.05) is 0 Å². The minimum Gasteiger partial charge on any atom is -0.490 e. The van der Waals surface area contributed by atoms with E-state index in [1.54, 1.807) is 0 Å². The molecule has 0 amide bonds. The number of hydrogen-bond donors (Lipinski definition) is 0. The van der Waals surface area contributed by atoms with Crippen molar-refractivity contribution in [3.63, 3.8) is 0 Å². The minimum atomic E-state index is -0.645. The van der Waals surface area contributed by atoms with Gasteiger partial charge in [-0.25, -0.2) is 4.79 Å². The summed E-state index contributed by atoms with van der Waals surface area (Å²) in [4.78, 5) is 22.7. The van der Waals surface area contributed by atoms with E-state index in [-0.39, 0.29) is 17.0 Å². The number of hydrogen-bond acceptors (Lipinski definition) is 7. The zero-order valence-electron chi connectivity index (χ0n) is 15.4. The van der Waals surface area contributed by atoms with Crippen LogP contribution in [0.15, 0.2) is 36.4 Å². The molecule has 0 unspecified atom stereocenters. The van der Waals surface area contributed by atoms with Gasteiger partial charge < -0.3 is 18.9 Å². The number of carbonyl (C=O) groups is 1. The topological polar surface area (TPSA) is 97.1 Å². The number of rotatable bonds is 9. The van der Waals surface area contributed by atoms with E-state index in [9.17, 15) is 14.9 Å². The Morgan fingerprint density at radius 2 is 1.44 bits per heavy atom. The predicted octanol–water partition coefficient (Wildman–Crippen LogP) is 4.01. The van der Waals surface area contributed by atoms with Crippen LogP contribution in [0.4, 0.5) is 5.69 Å². The molecule has 2 rings (SSSR count). The highest BCUT2D eigenvalue weighted by Crippen LogP contribution is 2.39. The molecule has 2 aromatic rings. The number of nitro groups is 1. The summed E-state index contributed by atoms with van der Waals surface area (Å²) < 4.78 is 22.0. The maximum Gasteiger partial charge on any atom is 0.343 e. The monoisotopic (exact) mass is 375 g/mol. The average Bonchev–Trinajstić information content (AvgIpc) is 2.65. The number of non-ortho nitro benzene ring substituents is 1. The largest absolute Gasteiger partial charge is 0.490 e. The number of esters is 1. The van der Waals surface area contributed by atoms with Crippen molar-refractivity contribution in [2.75, 3.05) is 19.8 Å². The average molecular weight is 375 g/mol. The minimum absolute atomic E-state index is 0.0897. The van der Waals surface area contributed by atoms with Crippen LogP contribution in [0.1, 0.15) is 31.1 Å². The van der Waals surface area contributed by atoms with Gasteiger partial charge in [0.1, 0.15) is 5.75 Å². The molecule has 0 aromatic heterocycles. The molecule has 0 aliphatic rings. The lowest BCUT2D eigenvalue weighted by molar-refractivity contribution is -0.384. The van der Waals surface area contributed by atoms with Gasteiger partial charge in [-0.2, -0.15) is 0 Å². The number of ether oxygens (including phenoxy) is 4. The van der Waals surface area contributed by atoms with E-state index in [4.69, 9.17) is 18.9 Å². The second kappa shape index (κ2) is 9.42. The summed E-state index contributed by atoms with van der Waals surface area (Å²) in [5.41, 5.74) is 0.122. The molecule has 0 radical (unpaired) electrons. The predicted molar refractivity (Wildman–Crippen MR) is 98.0 cm³/mol. The maximum absolute atomic E-state index is 12.5. The number of carbonyl (C=O) groups excluding carboxylic acids is 1. The Morgan fingerprint density at radius 1 is 0.926 bits per heavy atom. The fourth-order valence-electron chi connectivity index (χ4n) is 2.31. The second-order valence-corrected chi connectivity index (χ2v) is 5.24. The first kappa shape index (κ1) is 20.0. The summed E-state index contributed by atoms with van der Waals surface area (Å²) in [6.07, 6.45) is 0. The highest BCUT2D eigenvalue weighted by atomic mass is 16.6. The lowest BCUT2D eigenvalue weighted by Crippen LogP contribution is -2.11. The van der Waals surface area contributed by atoms with Gasteiger partial charge in [0.15, 0.2) is 11.5 Å². The second-order valence-electron chi connectivity index (χ2n) is 5.24. The third-order valence-corrected chi connectivity index (χ3v) is 3.40. The van der Waals surface area contributed by atoms with E-state index in [0.29, 0.717) is 37.1 Å². The highest BCUT2D eigenvalue weighted by Gasteiger charge is 2.20. The lowest BCUT2D eigenvalue weighted by Gasteiger charge is -2.16. The SMILES string of the molecule is CCOc1cc(C(=O)Oc2ccc([N+](=O)[O-])cc2)cc(OCC)c1OCC. The van der Waals surface area contributed by atoms with E-state index in [2.05, 4.69) is 0 Å². The number of benzene rings is 2. The smallest absolute Gasteiger partial charge is 0.343 e. The Morgan fingerprint density at radius 3 is 1.89 bits per heavy atom. The van der Waals surface area contributed by atoms with Gasteiger partial charge in [0, 0.05) is 12.1 Å². The molecule has 0 N–H and O–H groups in total. The van der Waals surface area contributed by atoms with Crippen LogP contribution in [0.5, 0.6) is 23.0 Å². The molecule has 0 atom stereocenters. The third kappa shape index (κ3) is 5.10. The Hall–Kier alpha value is -3.29. The molecule has 2 aromatic carbocycles. The van der Waals surface area contributed by atoms with Crippen LogP contribution < -0.4 is 18.9 Å². The molecular weight excluding hydrogens is 354 g/mol. The summed E-state index contributed by atoms with van der Waals surface area (Å²) in [5, 5.41) is 10.7. The van der Waals surface area contributed by atoms with Crippen molar-refractivity contribution in [1.29, 1.82) is 0 Å². The van der Waals surface area contributed by atoms with Crippen LogP contribution in [0.2, 0.25) is 0 Å². The molecule has 0 fully saturated rings. The molecule has 27 heavy (non-hydrogen) atoms. The van der Waals surface area contributed by atoms with Gasteiger partial charge in [0.2, 0.25) is 5.75 Å². The molecule has 0 spiro atoms. The number of nitrogens with zero attached hydrogens (tertiary/aromatic N) is 1. The van der Waals surface area contributed by atoms with Crippen molar-refractivity contribution >= 4 is 11.7 Å². The van der Waals surface area contributed by atoms with Gasteiger partial charge in [0.05, 0.1) is 30.3 Å². The van der Waals surface area contributed by atoms with Crippen LogP contribution in [-0.2, 0) is 0 Å². The van der Waals surface area contributed by atoms with Crippen LogP contribution in [0.3, 0.4) is 0 Å². The van der Waals surface area contributed by atoms with Crippen molar-refractivity contribution in [3.8, 4) is 23.0 Å². The van der Waals surface area contributed by atoms with E-state index in [0.717, 1.165) is 0 Å². The van der Waals surface area contributed by atoms with E-state index < -0.39 is 10.9 Å². The summed E-state index contributed by atoms with van der Waals surface area (Å²) in [7, 11) is 0. The first-order valence-corrected chi connectivity index (χ1v) is 8.53. The van der Waals surface area contributed by atoms with Gasteiger partial charge in [-0.05, 0) is 45.0 Å². The summed E-state index contributed by atoms with van der Waals surface area (Å²) in [6, 6.07) is 8.28. The van der Waals surface area contributed by atoms with E-state index in [1.807, 2.05) is 20.8 Å². The fraction of sp³-hybridized carbons (Fsp3) is 0.316. The van der Waals surface area contributed by atoms with E-state index in [1.165, 1.54) is 36.4 Å². The summed E-state index contributed by atoms with van der Waals surface area (Å²) in [5.74, 6) is 0.721. The Bertz CT molecular complexity index is 775. The van der Waals surface area contributed by atoms with Gasteiger partial charge >= 0.3 is 5.97 Å². The molecule has 8 heteroatoms. The maximum atomic E-state index is 12.5.